The number of amides is 1. The number of ether oxygens (including phenoxy) is 2. The van der Waals surface area contributed by atoms with E-state index in [1.807, 2.05) is 34.9 Å². The van der Waals surface area contributed by atoms with Crippen LogP contribution in [0.1, 0.15) is 0 Å². The minimum absolute atomic E-state index is 0.154. The lowest BCUT2D eigenvalue weighted by atomic mass is 10.3. The molecular formula is C22H20N4O4S. The number of thioether (sulfide) groups is 1. The van der Waals surface area contributed by atoms with Gasteiger partial charge in [0.1, 0.15) is 11.5 Å². The Labute approximate surface area is 183 Å². The summed E-state index contributed by atoms with van der Waals surface area (Å²) in [5.41, 5.74) is 1.52. The van der Waals surface area contributed by atoms with E-state index in [-0.39, 0.29) is 11.7 Å². The zero-order valence-electron chi connectivity index (χ0n) is 16.9. The maximum Gasteiger partial charge on any atom is 0.234 e. The Kier molecular flexibility index (Phi) is 6.23. The summed E-state index contributed by atoms with van der Waals surface area (Å²) in [6.07, 6.45) is 1.58. The van der Waals surface area contributed by atoms with Crippen molar-refractivity contribution in [3.05, 3.63) is 66.9 Å². The van der Waals surface area contributed by atoms with Crippen molar-refractivity contribution in [1.29, 1.82) is 0 Å². The molecule has 4 aromatic rings. The first-order valence-electron chi connectivity index (χ1n) is 9.38. The Morgan fingerprint density at radius 3 is 2.29 bits per heavy atom. The fraction of sp³-hybridized carbons (Fsp3) is 0.136. The Bertz CT molecular complexity index is 1140. The van der Waals surface area contributed by atoms with Gasteiger partial charge in [0.2, 0.25) is 11.7 Å². The van der Waals surface area contributed by atoms with Crippen molar-refractivity contribution in [3.63, 3.8) is 0 Å². The van der Waals surface area contributed by atoms with Crippen LogP contribution in [0.5, 0.6) is 11.5 Å². The summed E-state index contributed by atoms with van der Waals surface area (Å²) in [5, 5.41) is 12.0. The summed E-state index contributed by atoms with van der Waals surface area (Å²) < 4.78 is 17.7. The highest BCUT2D eigenvalue weighted by molar-refractivity contribution is 7.99. The van der Waals surface area contributed by atoms with Gasteiger partial charge in [-0.2, -0.15) is 0 Å². The van der Waals surface area contributed by atoms with Crippen LogP contribution in [0.15, 0.2) is 76.5 Å². The molecule has 0 radical (unpaired) electrons. The molecule has 2 aromatic carbocycles. The van der Waals surface area contributed by atoms with E-state index in [9.17, 15) is 4.79 Å². The van der Waals surface area contributed by atoms with Crippen LogP contribution >= 0.6 is 11.8 Å². The van der Waals surface area contributed by atoms with E-state index < -0.39 is 0 Å². The first kappa shape index (κ1) is 20.5. The smallest absolute Gasteiger partial charge is 0.234 e. The monoisotopic (exact) mass is 436 g/mol. The van der Waals surface area contributed by atoms with Gasteiger partial charge in [0.05, 0.1) is 31.9 Å². The predicted molar refractivity (Wildman–Crippen MR) is 118 cm³/mol. The molecule has 0 bridgehead atoms. The van der Waals surface area contributed by atoms with Gasteiger partial charge < -0.3 is 19.2 Å². The average Bonchev–Trinajstić information content (AvgIpc) is 3.48. The quantitative estimate of drug-likeness (QED) is 0.412. The van der Waals surface area contributed by atoms with Crippen LogP contribution < -0.4 is 14.8 Å². The molecule has 8 nitrogen and oxygen atoms in total. The van der Waals surface area contributed by atoms with Crippen LogP contribution in [0.2, 0.25) is 0 Å². The number of methoxy groups -OCH3 is 2. The van der Waals surface area contributed by atoms with Gasteiger partial charge in [0.15, 0.2) is 10.9 Å². The Hall–Kier alpha value is -3.72. The largest absolute Gasteiger partial charge is 0.497 e. The van der Waals surface area contributed by atoms with Crippen LogP contribution in [0, 0.1) is 0 Å². The normalized spacial score (nSPS) is 10.6. The molecule has 0 fully saturated rings. The number of carbonyl (C=O) groups excluding carboxylic acids is 1. The number of rotatable bonds is 8. The zero-order valence-corrected chi connectivity index (χ0v) is 17.8. The topological polar surface area (TPSA) is 91.4 Å². The molecule has 0 aliphatic carbocycles. The van der Waals surface area contributed by atoms with Gasteiger partial charge >= 0.3 is 0 Å². The van der Waals surface area contributed by atoms with Crippen molar-refractivity contribution in [1.82, 2.24) is 14.8 Å². The number of anilines is 1. The Morgan fingerprint density at radius 1 is 1.00 bits per heavy atom. The van der Waals surface area contributed by atoms with E-state index in [0.29, 0.717) is 22.4 Å². The van der Waals surface area contributed by atoms with Crippen molar-refractivity contribution in [3.8, 4) is 28.8 Å². The lowest BCUT2D eigenvalue weighted by Gasteiger charge is -2.10. The predicted octanol–water partition coefficient (Wildman–Crippen LogP) is 4.28. The highest BCUT2D eigenvalue weighted by Crippen LogP contribution is 2.29. The van der Waals surface area contributed by atoms with Crippen LogP contribution in [-0.2, 0) is 4.79 Å². The minimum Gasteiger partial charge on any atom is -0.497 e. The third-order valence-electron chi connectivity index (χ3n) is 4.41. The van der Waals surface area contributed by atoms with Gasteiger partial charge in [0.25, 0.3) is 0 Å². The van der Waals surface area contributed by atoms with E-state index in [1.165, 1.54) is 11.8 Å². The van der Waals surface area contributed by atoms with Crippen molar-refractivity contribution in [2.75, 3.05) is 25.3 Å². The maximum absolute atomic E-state index is 12.5. The van der Waals surface area contributed by atoms with E-state index in [0.717, 1.165) is 17.2 Å². The summed E-state index contributed by atoms with van der Waals surface area (Å²) in [7, 11) is 3.21. The van der Waals surface area contributed by atoms with Gasteiger partial charge in [-0.05, 0) is 60.7 Å². The molecule has 2 heterocycles. The summed E-state index contributed by atoms with van der Waals surface area (Å²) >= 11 is 1.28. The molecule has 0 unspecified atom stereocenters. The van der Waals surface area contributed by atoms with Gasteiger partial charge in [0, 0.05) is 5.69 Å². The number of nitrogens with zero attached hydrogens (tertiary/aromatic N) is 3. The fourth-order valence-corrected chi connectivity index (χ4v) is 3.65. The molecule has 0 atom stereocenters. The SMILES string of the molecule is COc1ccc(NC(=O)CSc2nnc(-c3ccco3)n2-c2ccc(OC)cc2)cc1. The number of benzene rings is 2. The molecule has 0 saturated carbocycles. The number of hydrogen-bond acceptors (Lipinski definition) is 7. The number of hydrogen-bond donors (Lipinski definition) is 1. The molecule has 1 N–H and O–H groups in total. The molecule has 0 aliphatic heterocycles. The van der Waals surface area contributed by atoms with Crippen molar-refractivity contribution in [2.45, 2.75) is 5.16 Å². The third-order valence-corrected chi connectivity index (χ3v) is 5.34. The molecular weight excluding hydrogens is 416 g/mol. The van der Waals surface area contributed by atoms with Crippen LogP contribution in [0.25, 0.3) is 17.3 Å². The number of nitrogens with one attached hydrogen (secondary N) is 1. The minimum atomic E-state index is -0.154. The first-order valence-corrected chi connectivity index (χ1v) is 10.4. The average molecular weight is 436 g/mol. The van der Waals surface area contributed by atoms with Gasteiger partial charge in [-0.3, -0.25) is 9.36 Å². The van der Waals surface area contributed by atoms with Gasteiger partial charge in [-0.1, -0.05) is 11.8 Å². The lowest BCUT2D eigenvalue weighted by molar-refractivity contribution is -0.113. The molecule has 1 amide bonds. The van der Waals surface area contributed by atoms with E-state index >= 15 is 0 Å². The fourth-order valence-electron chi connectivity index (χ4n) is 2.89. The molecule has 158 valence electrons. The molecule has 0 saturated heterocycles. The van der Waals surface area contributed by atoms with Crippen molar-refractivity contribution < 1.29 is 18.7 Å². The Balaban J connectivity index is 1.54. The summed E-state index contributed by atoms with van der Waals surface area (Å²) in [6.45, 7) is 0. The summed E-state index contributed by atoms with van der Waals surface area (Å²) in [6, 6.07) is 18.3. The lowest BCUT2D eigenvalue weighted by Crippen LogP contribution is -2.14. The molecule has 31 heavy (non-hydrogen) atoms. The van der Waals surface area contributed by atoms with Crippen molar-refractivity contribution in [2.24, 2.45) is 0 Å². The first-order chi connectivity index (χ1) is 15.2. The third kappa shape index (κ3) is 4.72. The van der Waals surface area contributed by atoms with E-state index in [1.54, 1.807) is 50.8 Å². The highest BCUT2D eigenvalue weighted by Gasteiger charge is 2.19. The van der Waals surface area contributed by atoms with Gasteiger partial charge in [-0.15, -0.1) is 10.2 Å². The second-order valence-corrected chi connectivity index (χ2v) is 7.32. The van der Waals surface area contributed by atoms with Crippen LogP contribution in [0.3, 0.4) is 0 Å². The Morgan fingerprint density at radius 2 is 1.68 bits per heavy atom. The van der Waals surface area contributed by atoms with E-state index in [2.05, 4.69) is 15.5 Å². The van der Waals surface area contributed by atoms with Crippen LogP contribution in [0.4, 0.5) is 5.69 Å². The summed E-state index contributed by atoms with van der Waals surface area (Å²) in [5.74, 6) is 2.61. The molecule has 9 heteroatoms. The second kappa shape index (κ2) is 9.40. The zero-order chi connectivity index (χ0) is 21.6. The van der Waals surface area contributed by atoms with Gasteiger partial charge in [-0.25, -0.2) is 0 Å². The molecule has 2 aromatic heterocycles. The molecule has 0 aliphatic rings. The summed E-state index contributed by atoms with van der Waals surface area (Å²) in [4.78, 5) is 12.5. The number of furan rings is 1. The number of carbonyl (C=O) groups is 1. The number of aromatic nitrogens is 3. The maximum atomic E-state index is 12.5. The highest BCUT2D eigenvalue weighted by atomic mass is 32.2. The van der Waals surface area contributed by atoms with Crippen molar-refractivity contribution >= 4 is 23.4 Å². The van der Waals surface area contributed by atoms with Crippen LogP contribution in [-0.4, -0.2) is 40.6 Å². The molecule has 4 rings (SSSR count). The standard InChI is InChI=1S/C22H20N4O4S/c1-28-17-9-5-15(6-10-17)23-20(27)14-31-22-25-24-21(19-4-3-13-30-19)26(22)16-7-11-18(29-2)12-8-16/h3-13H,14H2,1-2H3,(H,23,27). The molecule has 0 spiro atoms. The second-order valence-electron chi connectivity index (χ2n) is 6.38. The van der Waals surface area contributed by atoms with E-state index in [4.69, 9.17) is 13.9 Å².